The number of aryl methyl sites for hydroxylation is 1. The molecule has 1 unspecified atom stereocenters. The topological polar surface area (TPSA) is 52.0 Å². The summed E-state index contributed by atoms with van der Waals surface area (Å²) in [5, 5.41) is 4.03. The fraction of sp³-hybridized carbons (Fsp3) is 0.667. The predicted octanol–water partition coefficient (Wildman–Crippen LogP) is 1.44. The summed E-state index contributed by atoms with van der Waals surface area (Å²) < 4.78 is 4.95. The molecule has 0 fully saturated rings. The van der Waals surface area contributed by atoms with Gasteiger partial charge in [0.2, 0.25) is 0 Å². The van der Waals surface area contributed by atoms with Gasteiger partial charge in [-0.3, -0.25) is 0 Å². The van der Waals surface area contributed by atoms with Gasteiger partial charge >= 0.3 is 0 Å². The monoisotopic (exact) mass is 166 g/mol. The highest BCUT2D eigenvalue weighted by molar-refractivity contribution is 5.21. The van der Waals surface area contributed by atoms with Crippen LogP contribution in [0.4, 0.5) is 0 Å². The SMILES string of the molecule is NCCC1CCCc2conc21. The molecule has 0 bridgehead atoms. The van der Waals surface area contributed by atoms with Crippen LogP contribution in [-0.2, 0) is 6.42 Å². The largest absolute Gasteiger partial charge is 0.364 e. The van der Waals surface area contributed by atoms with Crippen LogP contribution < -0.4 is 5.73 Å². The molecule has 1 aromatic rings. The molecule has 1 aliphatic carbocycles. The van der Waals surface area contributed by atoms with Crippen LogP contribution >= 0.6 is 0 Å². The zero-order valence-electron chi connectivity index (χ0n) is 7.12. The summed E-state index contributed by atoms with van der Waals surface area (Å²) in [5.74, 6) is 0.553. The van der Waals surface area contributed by atoms with Gasteiger partial charge in [-0.15, -0.1) is 0 Å². The van der Waals surface area contributed by atoms with Crippen LogP contribution in [0.1, 0.15) is 36.4 Å². The zero-order valence-corrected chi connectivity index (χ0v) is 7.12. The normalized spacial score (nSPS) is 22.2. The second kappa shape index (κ2) is 3.27. The summed E-state index contributed by atoms with van der Waals surface area (Å²) in [7, 11) is 0. The molecule has 66 valence electrons. The summed E-state index contributed by atoms with van der Waals surface area (Å²) in [4.78, 5) is 0. The Morgan fingerprint density at radius 2 is 2.58 bits per heavy atom. The van der Waals surface area contributed by atoms with Crippen LogP contribution in [0.5, 0.6) is 0 Å². The first-order chi connectivity index (χ1) is 5.92. The highest BCUT2D eigenvalue weighted by atomic mass is 16.5. The molecule has 2 N–H and O–H groups in total. The van der Waals surface area contributed by atoms with Crippen LogP contribution in [0.2, 0.25) is 0 Å². The van der Waals surface area contributed by atoms with Gasteiger partial charge in [0.05, 0.1) is 5.69 Å². The van der Waals surface area contributed by atoms with E-state index in [2.05, 4.69) is 5.16 Å². The summed E-state index contributed by atoms with van der Waals surface area (Å²) in [6.45, 7) is 0.747. The molecule has 1 heterocycles. The number of hydrogen-bond donors (Lipinski definition) is 1. The molecule has 3 nitrogen and oxygen atoms in total. The smallest absolute Gasteiger partial charge is 0.127 e. The first-order valence-electron chi connectivity index (χ1n) is 4.55. The third-order valence-corrected chi connectivity index (χ3v) is 2.58. The first kappa shape index (κ1) is 7.80. The van der Waals surface area contributed by atoms with E-state index in [0.717, 1.165) is 25.1 Å². The van der Waals surface area contributed by atoms with E-state index in [1.807, 2.05) is 0 Å². The minimum absolute atomic E-state index is 0.553. The van der Waals surface area contributed by atoms with Crippen molar-refractivity contribution in [2.24, 2.45) is 5.73 Å². The fourth-order valence-corrected chi connectivity index (χ4v) is 1.95. The minimum Gasteiger partial charge on any atom is -0.364 e. The molecule has 3 heteroatoms. The van der Waals surface area contributed by atoms with E-state index in [9.17, 15) is 0 Å². The van der Waals surface area contributed by atoms with E-state index < -0.39 is 0 Å². The number of nitrogens with two attached hydrogens (primary N) is 1. The van der Waals surface area contributed by atoms with Gasteiger partial charge in [-0.2, -0.15) is 0 Å². The number of rotatable bonds is 2. The standard InChI is InChI=1S/C9H14N2O/c10-5-4-7-2-1-3-8-6-12-11-9(7)8/h6-7H,1-5,10H2. The third-order valence-electron chi connectivity index (χ3n) is 2.58. The Morgan fingerprint density at radius 3 is 3.42 bits per heavy atom. The predicted molar refractivity (Wildman–Crippen MR) is 45.9 cm³/mol. The Labute approximate surface area is 71.9 Å². The first-order valence-corrected chi connectivity index (χ1v) is 4.55. The lowest BCUT2D eigenvalue weighted by atomic mass is 9.86. The molecule has 0 radical (unpaired) electrons. The van der Waals surface area contributed by atoms with E-state index >= 15 is 0 Å². The molecule has 0 aromatic carbocycles. The zero-order chi connectivity index (χ0) is 8.39. The van der Waals surface area contributed by atoms with E-state index in [-0.39, 0.29) is 0 Å². The van der Waals surface area contributed by atoms with Crippen LogP contribution in [0.3, 0.4) is 0 Å². The van der Waals surface area contributed by atoms with Crippen molar-refractivity contribution in [1.82, 2.24) is 5.16 Å². The lowest BCUT2D eigenvalue weighted by Gasteiger charge is -2.18. The Balaban J connectivity index is 2.19. The van der Waals surface area contributed by atoms with Gasteiger partial charge in [0.1, 0.15) is 6.26 Å². The molecular formula is C9H14N2O. The van der Waals surface area contributed by atoms with Gasteiger partial charge < -0.3 is 10.3 Å². The van der Waals surface area contributed by atoms with E-state index in [0.29, 0.717) is 5.92 Å². The number of aromatic nitrogens is 1. The molecule has 1 atom stereocenters. The molecule has 0 spiro atoms. The average molecular weight is 166 g/mol. The van der Waals surface area contributed by atoms with Gasteiger partial charge in [-0.05, 0) is 32.2 Å². The van der Waals surface area contributed by atoms with Gasteiger partial charge in [-0.1, -0.05) is 5.16 Å². The molecule has 0 amide bonds. The maximum Gasteiger partial charge on any atom is 0.127 e. The summed E-state index contributed by atoms with van der Waals surface area (Å²) >= 11 is 0. The molecule has 12 heavy (non-hydrogen) atoms. The minimum atomic E-state index is 0.553. The van der Waals surface area contributed by atoms with Crippen molar-refractivity contribution < 1.29 is 4.52 Å². The average Bonchev–Trinajstić information content (AvgIpc) is 2.53. The highest BCUT2D eigenvalue weighted by Crippen LogP contribution is 2.32. The number of hydrogen-bond acceptors (Lipinski definition) is 3. The Hall–Kier alpha value is -0.830. The lowest BCUT2D eigenvalue weighted by Crippen LogP contribution is -2.13. The van der Waals surface area contributed by atoms with Crippen molar-refractivity contribution in [2.45, 2.75) is 31.6 Å². The second-order valence-electron chi connectivity index (χ2n) is 3.39. The third kappa shape index (κ3) is 1.25. The Bertz CT molecular complexity index is 257. The van der Waals surface area contributed by atoms with Crippen molar-refractivity contribution in [3.63, 3.8) is 0 Å². The van der Waals surface area contributed by atoms with Gasteiger partial charge in [0.25, 0.3) is 0 Å². The van der Waals surface area contributed by atoms with Crippen molar-refractivity contribution >= 4 is 0 Å². The molecular weight excluding hydrogens is 152 g/mol. The number of fused-ring (bicyclic) bond motifs is 1. The van der Waals surface area contributed by atoms with Crippen molar-refractivity contribution in [3.8, 4) is 0 Å². The van der Waals surface area contributed by atoms with Gasteiger partial charge in [-0.25, -0.2) is 0 Å². The summed E-state index contributed by atoms with van der Waals surface area (Å²) in [6.07, 6.45) is 6.41. The van der Waals surface area contributed by atoms with Crippen molar-refractivity contribution in [1.29, 1.82) is 0 Å². The summed E-state index contributed by atoms with van der Waals surface area (Å²) in [5.41, 5.74) is 7.98. The molecule has 0 saturated carbocycles. The molecule has 0 saturated heterocycles. The second-order valence-corrected chi connectivity index (χ2v) is 3.39. The number of nitrogens with zero attached hydrogens (tertiary/aromatic N) is 1. The van der Waals surface area contributed by atoms with Crippen molar-refractivity contribution in [2.75, 3.05) is 6.54 Å². The van der Waals surface area contributed by atoms with Gasteiger partial charge in [0.15, 0.2) is 0 Å². The van der Waals surface area contributed by atoms with Crippen LogP contribution in [0.15, 0.2) is 10.8 Å². The maximum absolute atomic E-state index is 5.53. The van der Waals surface area contributed by atoms with Crippen LogP contribution in [0.25, 0.3) is 0 Å². The molecule has 1 aliphatic rings. The molecule has 0 aliphatic heterocycles. The molecule has 2 rings (SSSR count). The molecule has 1 aromatic heterocycles. The van der Waals surface area contributed by atoms with E-state index in [4.69, 9.17) is 10.3 Å². The highest BCUT2D eigenvalue weighted by Gasteiger charge is 2.22. The lowest BCUT2D eigenvalue weighted by molar-refractivity contribution is 0.399. The van der Waals surface area contributed by atoms with Crippen molar-refractivity contribution in [3.05, 3.63) is 17.5 Å². The van der Waals surface area contributed by atoms with Gasteiger partial charge in [0, 0.05) is 11.5 Å². The quantitative estimate of drug-likeness (QED) is 0.723. The van der Waals surface area contributed by atoms with E-state index in [1.54, 1.807) is 6.26 Å². The Morgan fingerprint density at radius 1 is 1.67 bits per heavy atom. The maximum atomic E-state index is 5.53. The van der Waals surface area contributed by atoms with Crippen LogP contribution in [-0.4, -0.2) is 11.7 Å². The van der Waals surface area contributed by atoms with Crippen LogP contribution in [0, 0.1) is 0 Å². The van der Waals surface area contributed by atoms with E-state index in [1.165, 1.54) is 18.4 Å². The fourth-order valence-electron chi connectivity index (χ4n) is 1.95. The summed E-state index contributed by atoms with van der Waals surface area (Å²) in [6, 6.07) is 0. The Kier molecular flexibility index (Phi) is 2.13.